The molecule has 64 valence electrons. The Morgan fingerprint density at radius 2 is 1.83 bits per heavy atom. The number of rotatable bonds is 0. The molecule has 1 aromatic carbocycles. The third kappa shape index (κ3) is 3.94. The lowest BCUT2D eigenvalue weighted by atomic mass is 10.3. The Balaban J connectivity index is 0.000000354. The maximum absolute atomic E-state index is 12.2. The van der Waals surface area contributed by atoms with Gasteiger partial charge >= 0.3 is 0 Å². The molecule has 0 atom stereocenters. The van der Waals surface area contributed by atoms with E-state index in [1.54, 1.807) is 6.07 Å². The van der Waals surface area contributed by atoms with Crippen molar-refractivity contribution in [1.29, 1.82) is 5.26 Å². The highest BCUT2D eigenvalue weighted by Crippen LogP contribution is 2.10. The zero-order valence-corrected chi connectivity index (χ0v) is 7.28. The first kappa shape index (κ1) is 10.9. The first-order valence-corrected chi connectivity index (χ1v) is 3.51. The molecule has 1 rings (SSSR count). The predicted octanol–water partition coefficient (Wildman–Crippen LogP) is 2.78. The smallest absolute Gasteiger partial charge is 0.159 e. The maximum atomic E-state index is 12.2. The second-order valence-corrected chi connectivity index (χ2v) is 2.34. The van der Waals surface area contributed by atoms with Crippen molar-refractivity contribution >= 4 is 12.6 Å². The molecule has 0 saturated heterocycles. The van der Waals surface area contributed by atoms with Crippen LogP contribution in [0.25, 0.3) is 0 Å². The molecule has 1 aromatic rings. The molecule has 12 heavy (non-hydrogen) atoms. The van der Waals surface area contributed by atoms with E-state index in [0.29, 0.717) is 4.90 Å². The fraction of sp³-hybridized carbons (Fsp3) is 0.125. The first-order chi connectivity index (χ1) is 5.61. The highest BCUT2D eigenvalue weighted by atomic mass is 32.1. The van der Waals surface area contributed by atoms with Crippen molar-refractivity contribution in [1.82, 2.24) is 0 Å². The zero-order valence-electron chi connectivity index (χ0n) is 6.38. The molecule has 0 saturated carbocycles. The number of hydrogen-bond acceptors (Lipinski definition) is 2. The lowest BCUT2D eigenvalue weighted by molar-refractivity contribution is 0.506. The summed E-state index contributed by atoms with van der Waals surface area (Å²) in [4.78, 5) is 0.425. The van der Waals surface area contributed by atoms with Crippen molar-refractivity contribution in [2.75, 3.05) is 0 Å². The standard InChI is InChI=1S/C6H4F2S.C2H3N/c7-5-2-1-4(9)3-6(5)8;1-2-3/h1-3,9H;1H3. The van der Waals surface area contributed by atoms with Crippen molar-refractivity contribution < 1.29 is 8.78 Å². The maximum Gasteiger partial charge on any atom is 0.159 e. The van der Waals surface area contributed by atoms with Gasteiger partial charge in [-0.05, 0) is 18.2 Å². The predicted molar refractivity (Wildman–Crippen MR) is 44.9 cm³/mol. The van der Waals surface area contributed by atoms with E-state index >= 15 is 0 Å². The highest BCUT2D eigenvalue weighted by molar-refractivity contribution is 7.80. The summed E-state index contributed by atoms with van der Waals surface area (Å²) in [7, 11) is 0. The van der Waals surface area contributed by atoms with Crippen LogP contribution in [0.2, 0.25) is 0 Å². The minimum atomic E-state index is -0.859. The quantitative estimate of drug-likeness (QED) is 0.620. The van der Waals surface area contributed by atoms with E-state index in [-0.39, 0.29) is 0 Å². The minimum absolute atomic E-state index is 0.425. The third-order valence-corrected chi connectivity index (χ3v) is 1.18. The van der Waals surface area contributed by atoms with Crippen molar-refractivity contribution in [2.45, 2.75) is 11.8 Å². The summed E-state index contributed by atoms with van der Waals surface area (Å²) in [5.74, 6) is -1.70. The molecule has 0 aliphatic carbocycles. The van der Waals surface area contributed by atoms with Crippen LogP contribution in [0.1, 0.15) is 6.92 Å². The zero-order chi connectivity index (χ0) is 9.56. The van der Waals surface area contributed by atoms with Crippen LogP contribution in [0.15, 0.2) is 23.1 Å². The van der Waals surface area contributed by atoms with Crippen LogP contribution in [-0.2, 0) is 0 Å². The Hall–Kier alpha value is -1.08. The van der Waals surface area contributed by atoms with Crippen LogP contribution < -0.4 is 0 Å². The number of benzene rings is 1. The number of nitrogens with zero attached hydrogens (tertiary/aromatic N) is 1. The number of hydrogen-bond donors (Lipinski definition) is 1. The minimum Gasteiger partial charge on any atom is -0.204 e. The van der Waals surface area contributed by atoms with Gasteiger partial charge in [0.15, 0.2) is 11.6 Å². The summed E-state index contributed by atoms with van der Waals surface area (Å²) in [6.45, 7) is 1.43. The summed E-state index contributed by atoms with van der Waals surface area (Å²) < 4.78 is 24.2. The molecular weight excluding hydrogens is 180 g/mol. The van der Waals surface area contributed by atoms with Crippen molar-refractivity contribution in [3.63, 3.8) is 0 Å². The van der Waals surface area contributed by atoms with Crippen LogP contribution in [0.5, 0.6) is 0 Å². The van der Waals surface area contributed by atoms with Crippen LogP contribution in [0.4, 0.5) is 8.78 Å². The Bertz CT molecular complexity index is 294. The summed E-state index contributed by atoms with van der Waals surface area (Å²) in [5, 5.41) is 7.32. The van der Waals surface area contributed by atoms with Crippen LogP contribution in [-0.4, -0.2) is 0 Å². The van der Waals surface area contributed by atoms with Gasteiger partial charge in [-0.2, -0.15) is 5.26 Å². The van der Waals surface area contributed by atoms with E-state index in [1.165, 1.54) is 13.0 Å². The molecule has 0 amide bonds. The molecule has 0 radical (unpaired) electrons. The fourth-order valence-corrected chi connectivity index (χ4v) is 0.673. The average molecular weight is 187 g/mol. The van der Waals surface area contributed by atoms with Crippen LogP contribution in [0, 0.1) is 23.0 Å². The van der Waals surface area contributed by atoms with Crippen LogP contribution in [0.3, 0.4) is 0 Å². The Kier molecular flexibility index (Phi) is 5.06. The van der Waals surface area contributed by atoms with E-state index in [0.717, 1.165) is 12.1 Å². The van der Waals surface area contributed by atoms with Crippen molar-refractivity contribution in [3.05, 3.63) is 29.8 Å². The molecule has 1 nitrogen and oxygen atoms in total. The van der Waals surface area contributed by atoms with Gasteiger partial charge in [0.05, 0.1) is 6.07 Å². The third-order valence-electron chi connectivity index (χ3n) is 0.903. The Morgan fingerprint density at radius 1 is 1.33 bits per heavy atom. The lowest BCUT2D eigenvalue weighted by Crippen LogP contribution is -1.80. The normalized spacial score (nSPS) is 7.92. The summed E-state index contributed by atoms with van der Waals surface area (Å²) in [6, 6.07) is 5.21. The molecule has 0 aliphatic heterocycles. The molecule has 4 heteroatoms. The number of nitriles is 1. The van der Waals surface area contributed by atoms with E-state index in [2.05, 4.69) is 12.6 Å². The van der Waals surface area contributed by atoms with Crippen molar-refractivity contribution in [2.24, 2.45) is 0 Å². The Morgan fingerprint density at radius 3 is 2.17 bits per heavy atom. The van der Waals surface area contributed by atoms with E-state index in [9.17, 15) is 8.78 Å². The van der Waals surface area contributed by atoms with Gasteiger partial charge < -0.3 is 0 Å². The second kappa shape index (κ2) is 5.56. The van der Waals surface area contributed by atoms with Gasteiger partial charge in [-0.15, -0.1) is 12.6 Å². The largest absolute Gasteiger partial charge is 0.204 e. The topological polar surface area (TPSA) is 23.8 Å². The number of thiol groups is 1. The van der Waals surface area contributed by atoms with Crippen LogP contribution >= 0.6 is 12.6 Å². The molecule has 0 aromatic heterocycles. The first-order valence-electron chi connectivity index (χ1n) is 3.06. The van der Waals surface area contributed by atoms with Gasteiger partial charge in [-0.25, -0.2) is 8.78 Å². The van der Waals surface area contributed by atoms with E-state index < -0.39 is 11.6 Å². The SMILES string of the molecule is CC#N.Fc1ccc(S)cc1F. The lowest BCUT2D eigenvalue weighted by Gasteiger charge is -1.91. The van der Waals surface area contributed by atoms with E-state index in [4.69, 9.17) is 5.26 Å². The van der Waals surface area contributed by atoms with Gasteiger partial charge in [0.1, 0.15) is 0 Å². The van der Waals surface area contributed by atoms with E-state index in [1.807, 2.05) is 0 Å². The van der Waals surface area contributed by atoms with Gasteiger partial charge in [-0.3, -0.25) is 0 Å². The van der Waals surface area contributed by atoms with Gasteiger partial charge in [0, 0.05) is 11.8 Å². The summed E-state index contributed by atoms with van der Waals surface area (Å²) >= 11 is 3.79. The molecule has 0 bridgehead atoms. The molecule has 0 aliphatic rings. The molecule has 0 fully saturated rings. The van der Waals surface area contributed by atoms with Gasteiger partial charge in [0.2, 0.25) is 0 Å². The average Bonchev–Trinajstić information content (AvgIpc) is 1.99. The molecular formula is C8H7F2NS. The fourth-order valence-electron chi connectivity index (χ4n) is 0.485. The van der Waals surface area contributed by atoms with Gasteiger partial charge in [0.25, 0.3) is 0 Å². The second-order valence-electron chi connectivity index (χ2n) is 1.82. The van der Waals surface area contributed by atoms with Crippen molar-refractivity contribution in [3.8, 4) is 6.07 Å². The molecule has 0 unspecified atom stereocenters. The molecule has 0 spiro atoms. The monoisotopic (exact) mass is 187 g/mol. The highest BCUT2D eigenvalue weighted by Gasteiger charge is 1.97. The summed E-state index contributed by atoms with van der Waals surface area (Å²) in [6.07, 6.45) is 0. The Labute approximate surface area is 75.0 Å². The molecule has 0 N–H and O–H groups in total. The summed E-state index contributed by atoms with van der Waals surface area (Å²) in [5.41, 5.74) is 0. The number of halogens is 2. The molecule has 0 heterocycles. The van der Waals surface area contributed by atoms with Gasteiger partial charge in [-0.1, -0.05) is 0 Å².